The molecule has 2 aliphatic rings. The molecule has 0 radical (unpaired) electrons. The van der Waals surface area contributed by atoms with Gasteiger partial charge in [-0.25, -0.2) is 0 Å². The molecule has 1 aromatic heterocycles. The highest BCUT2D eigenvalue weighted by molar-refractivity contribution is 5.76. The summed E-state index contributed by atoms with van der Waals surface area (Å²) in [4.78, 5) is 31.5. The van der Waals surface area contributed by atoms with Crippen LogP contribution in [0.5, 0.6) is 0 Å². The second-order valence-electron chi connectivity index (χ2n) is 9.82. The lowest BCUT2D eigenvalue weighted by atomic mass is 9.89. The molecular weight excluding hydrogens is 430 g/mol. The molecule has 2 unspecified atom stereocenters. The van der Waals surface area contributed by atoms with E-state index in [9.17, 15) is 9.59 Å². The Balaban J connectivity index is 1.28. The molecule has 1 aliphatic carbocycles. The summed E-state index contributed by atoms with van der Waals surface area (Å²) in [7, 11) is 0. The molecule has 4 rings (SSSR count). The third-order valence-electron chi connectivity index (χ3n) is 7.25. The largest absolute Gasteiger partial charge is 0.352 e. The predicted molar refractivity (Wildman–Crippen MR) is 129 cm³/mol. The molecule has 184 valence electrons. The van der Waals surface area contributed by atoms with Crippen LogP contribution in [0.25, 0.3) is 0 Å². The maximum atomic E-state index is 12.6. The Morgan fingerprint density at radius 1 is 1.18 bits per heavy atom. The number of hydrogen-bond donors (Lipinski definition) is 2. The molecule has 34 heavy (non-hydrogen) atoms. The van der Waals surface area contributed by atoms with Crippen molar-refractivity contribution in [2.45, 2.75) is 89.3 Å². The Hall–Kier alpha value is -2.74. The van der Waals surface area contributed by atoms with Gasteiger partial charge in [-0.15, -0.1) is 0 Å². The molecular formula is C26H37N5O3. The number of carbonyl (C=O) groups is 2. The summed E-state index contributed by atoms with van der Waals surface area (Å²) >= 11 is 0. The molecule has 1 saturated heterocycles. The van der Waals surface area contributed by atoms with Crippen LogP contribution < -0.4 is 10.6 Å². The first-order valence-electron chi connectivity index (χ1n) is 12.7. The van der Waals surface area contributed by atoms with Crippen LogP contribution >= 0.6 is 0 Å². The van der Waals surface area contributed by atoms with Gasteiger partial charge in [0.15, 0.2) is 5.82 Å². The third-order valence-corrected chi connectivity index (χ3v) is 7.25. The predicted octanol–water partition coefficient (Wildman–Crippen LogP) is 3.64. The summed E-state index contributed by atoms with van der Waals surface area (Å²) in [5, 5.41) is 10.5. The average molecular weight is 468 g/mol. The zero-order valence-electron chi connectivity index (χ0n) is 20.4. The molecule has 0 spiro atoms. The Morgan fingerprint density at radius 3 is 2.62 bits per heavy atom. The van der Waals surface area contributed by atoms with Crippen molar-refractivity contribution in [3.63, 3.8) is 0 Å². The third kappa shape index (κ3) is 6.03. The van der Waals surface area contributed by atoms with Crippen LogP contribution in [0.3, 0.4) is 0 Å². The topological polar surface area (TPSA) is 100 Å². The lowest BCUT2D eigenvalue weighted by molar-refractivity contribution is -0.122. The van der Waals surface area contributed by atoms with Crippen LogP contribution in [0.15, 0.2) is 34.9 Å². The van der Waals surface area contributed by atoms with Crippen LogP contribution in [0, 0.1) is 0 Å². The van der Waals surface area contributed by atoms with Crippen molar-refractivity contribution < 1.29 is 14.1 Å². The van der Waals surface area contributed by atoms with Gasteiger partial charge in [0.05, 0.1) is 0 Å². The Labute approximate surface area is 201 Å². The number of amides is 2. The van der Waals surface area contributed by atoms with Gasteiger partial charge < -0.3 is 15.2 Å². The maximum absolute atomic E-state index is 12.6. The van der Waals surface area contributed by atoms with Crippen LogP contribution in [0.1, 0.15) is 88.5 Å². The van der Waals surface area contributed by atoms with Crippen molar-refractivity contribution in [1.29, 1.82) is 0 Å². The number of aryl methyl sites for hydroxylation is 1. The first-order chi connectivity index (χ1) is 16.4. The van der Waals surface area contributed by atoms with E-state index in [1.807, 2.05) is 6.07 Å². The maximum Gasteiger partial charge on any atom is 0.227 e. The SMILES string of the molecule is CC(=O)NC1(c2noc(CCC(=O)NC3CCN(C(C)c4ccccc4)C3)n2)CCCCCC1. The lowest BCUT2D eigenvalue weighted by Gasteiger charge is -2.30. The van der Waals surface area contributed by atoms with Crippen LogP contribution in [0.2, 0.25) is 0 Å². The van der Waals surface area contributed by atoms with E-state index in [4.69, 9.17) is 4.52 Å². The smallest absolute Gasteiger partial charge is 0.227 e. The van der Waals surface area contributed by atoms with Crippen molar-refractivity contribution >= 4 is 11.8 Å². The number of likely N-dealkylation sites (tertiary alicyclic amines) is 1. The number of nitrogens with zero attached hydrogens (tertiary/aromatic N) is 3. The molecule has 2 fully saturated rings. The minimum Gasteiger partial charge on any atom is -0.352 e. The van der Waals surface area contributed by atoms with E-state index in [1.165, 1.54) is 12.5 Å². The number of aromatic nitrogens is 2. The highest BCUT2D eigenvalue weighted by Gasteiger charge is 2.38. The molecule has 1 aliphatic heterocycles. The fourth-order valence-electron chi connectivity index (χ4n) is 5.34. The van der Waals surface area contributed by atoms with E-state index in [0.29, 0.717) is 30.6 Å². The molecule has 2 heterocycles. The van der Waals surface area contributed by atoms with Crippen LogP contribution in [-0.4, -0.2) is 46.0 Å². The van der Waals surface area contributed by atoms with Gasteiger partial charge in [-0.1, -0.05) is 61.2 Å². The van der Waals surface area contributed by atoms with Crippen LogP contribution in [0.4, 0.5) is 0 Å². The minimum absolute atomic E-state index is 0.00463. The molecule has 1 aromatic carbocycles. The zero-order chi connectivity index (χ0) is 24.0. The monoisotopic (exact) mass is 467 g/mol. The first-order valence-corrected chi connectivity index (χ1v) is 12.7. The minimum atomic E-state index is -0.560. The van der Waals surface area contributed by atoms with Crippen molar-refractivity contribution in [2.24, 2.45) is 0 Å². The van der Waals surface area contributed by atoms with Gasteiger partial charge >= 0.3 is 0 Å². The number of nitrogens with one attached hydrogen (secondary N) is 2. The molecule has 2 aromatic rings. The van der Waals surface area contributed by atoms with E-state index >= 15 is 0 Å². The van der Waals surface area contributed by atoms with Gasteiger partial charge in [0, 0.05) is 44.9 Å². The number of rotatable bonds is 8. The average Bonchev–Trinajstić information content (AvgIpc) is 3.44. The Morgan fingerprint density at radius 2 is 1.91 bits per heavy atom. The highest BCUT2D eigenvalue weighted by Crippen LogP contribution is 2.34. The number of carbonyl (C=O) groups excluding carboxylic acids is 2. The van der Waals surface area contributed by atoms with E-state index < -0.39 is 5.54 Å². The molecule has 2 atom stereocenters. The van der Waals surface area contributed by atoms with Crippen molar-refractivity contribution in [1.82, 2.24) is 25.7 Å². The zero-order valence-corrected chi connectivity index (χ0v) is 20.4. The number of hydrogen-bond acceptors (Lipinski definition) is 6. The van der Waals surface area contributed by atoms with E-state index in [-0.39, 0.29) is 17.9 Å². The van der Waals surface area contributed by atoms with Crippen molar-refractivity contribution in [3.8, 4) is 0 Å². The standard InChI is InChI=1S/C26H37N5O3/c1-19(21-10-6-5-7-11-21)31-17-14-22(18-31)27-23(33)12-13-24-28-25(30-34-24)26(29-20(2)32)15-8-3-4-9-16-26/h5-7,10-11,19,22H,3-4,8-9,12-18H2,1-2H3,(H,27,33)(H,29,32). The van der Waals surface area contributed by atoms with Crippen LogP contribution in [-0.2, 0) is 21.5 Å². The Bertz CT molecular complexity index is 952. The number of benzene rings is 1. The summed E-state index contributed by atoms with van der Waals surface area (Å²) in [6.07, 6.45) is 7.61. The lowest BCUT2D eigenvalue weighted by Crippen LogP contribution is -2.45. The summed E-state index contributed by atoms with van der Waals surface area (Å²) in [5.74, 6) is 0.913. The summed E-state index contributed by atoms with van der Waals surface area (Å²) in [6.45, 7) is 5.57. The normalized spacial score (nSPS) is 21.5. The second kappa shape index (κ2) is 11.1. The van der Waals surface area contributed by atoms with Crippen molar-refractivity contribution in [3.05, 3.63) is 47.6 Å². The first kappa shape index (κ1) is 24.4. The molecule has 2 N–H and O–H groups in total. The molecule has 8 heteroatoms. The van der Waals surface area contributed by atoms with E-state index in [0.717, 1.165) is 58.0 Å². The fourth-order valence-corrected chi connectivity index (χ4v) is 5.34. The van der Waals surface area contributed by atoms with Gasteiger partial charge in [-0.3, -0.25) is 14.5 Å². The molecule has 2 amide bonds. The van der Waals surface area contributed by atoms with E-state index in [1.54, 1.807) is 0 Å². The quantitative estimate of drug-likeness (QED) is 0.575. The van der Waals surface area contributed by atoms with Gasteiger partial charge in [0.25, 0.3) is 0 Å². The van der Waals surface area contributed by atoms with Gasteiger partial charge in [-0.2, -0.15) is 4.98 Å². The second-order valence-corrected chi connectivity index (χ2v) is 9.82. The molecule has 8 nitrogen and oxygen atoms in total. The summed E-state index contributed by atoms with van der Waals surface area (Å²) in [5.41, 5.74) is 0.738. The fraction of sp³-hybridized carbons (Fsp3) is 0.615. The van der Waals surface area contributed by atoms with Gasteiger partial charge in [0.2, 0.25) is 17.7 Å². The van der Waals surface area contributed by atoms with Gasteiger partial charge in [-0.05, 0) is 31.7 Å². The molecule has 1 saturated carbocycles. The summed E-state index contributed by atoms with van der Waals surface area (Å²) < 4.78 is 5.48. The highest BCUT2D eigenvalue weighted by atomic mass is 16.5. The van der Waals surface area contributed by atoms with E-state index in [2.05, 4.69) is 56.9 Å². The molecule has 0 bridgehead atoms. The Kier molecular flexibility index (Phi) is 7.98. The van der Waals surface area contributed by atoms with Crippen molar-refractivity contribution in [2.75, 3.05) is 13.1 Å². The summed E-state index contributed by atoms with van der Waals surface area (Å²) in [6, 6.07) is 11.0. The van der Waals surface area contributed by atoms with Gasteiger partial charge in [0.1, 0.15) is 5.54 Å².